The van der Waals surface area contributed by atoms with Crippen LogP contribution in [0.3, 0.4) is 0 Å². The molecule has 0 amide bonds. The van der Waals surface area contributed by atoms with Crippen molar-refractivity contribution in [2.24, 2.45) is 7.05 Å². The molecule has 2 heterocycles. The number of hydrogen-bond donors (Lipinski definition) is 2. The van der Waals surface area contributed by atoms with Crippen molar-refractivity contribution in [2.45, 2.75) is 13.1 Å². The minimum atomic E-state index is -4.48. The molecule has 0 saturated heterocycles. The van der Waals surface area contributed by atoms with Crippen LogP contribution < -0.4 is 15.0 Å². The fourth-order valence-electron chi connectivity index (χ4n) is 3.47. The van der Waals surface area contributed by atoms with E-state index in [4.69, 9.17) is 4.74 Å². The monoisotopic (exact) mass is 491 g/mol. The number of nitrogens with one attached hydrogen (secondary N) is 2. The largest absolute Gasteiger partial charge is 0.457 e. The highest BCUT2D eigenvalue weighted by molar-refractivity contribution is 7.92. The van der Waals surface area contributed by atoms with Crippen LogP contribution in [0.1, 0.15) is 12.5 Å². The average molecular weight is 491 g/mol. The molecule has 0 spiro atoms. The number of pyridine rings is 1. The van der Waals surface area contributed by atoms with Crippen molar-refractivity contribution in [3.05, 3.63) is 76.8 Å². The molecule has 0 atom stereocenters. The number of nitrogens with zero attached hydrogens (tertiary/aromatic N) is 1. The summed E-state index contributed by atoms with van der Waals surface area (Å²) in [6.45, 7) is 1.50. The summed E-state index contributed by atoms with van der Waals surface area (Å²) >= 11 is 0. The molecule has 0 radical (unpaired) electrons. The number of halogens is 3. The number of benzene rings is 2. The second kappa shape index (κ2) is 8.56. The summed E-state index contributed by atoms with van der Waals surface area (Å²) in [6.07, 6.45) is -1.28. The molecule has 4 aromatic rings. The highest BCUT2D eigenvalue weighted by Crippen LogP contribution is 2.39. The van der Waals surface area contributed by atoms with Crippen LogP contribution in [0.15, 0.2) is 65.7 Å². The molecule has 0 bridgehead atoms. The third-order valence-corrected chi connectivity index (χ3v) is 6.53. The van der Waals surface area contributed by atoms with Crippen LogP contribution in [0.25, 0.3) is 22.0 Å². The van der Waals surface area contributed by atoms with Crippen molar-refractivity contribution in [2.75, 3.05) is 10.5 Å². The molecule has 0 aliphatic heterocycles. The number of alkyl halides is 3. The number of H-pyrrole nitrogens is 1. The zero-order valence-electron chi connectivity index (χ0n) is 18.1. The molecule has 0 aliphatic carbocycles. The van der Waals surface area contributed by atoms with E-state index in [1.165, 1.54) is 35.8 Å². The van der Waals surface area contributed by atoms with Crippen molar-refractivity contribution >= 4 is 26.6 Å². The van der Waals surface area contributed by atoms with Gasteiger partial charge in [-0.05, 0) is 55.5 Å². The number of sulfonamides is 1. The molecular formula is C23H20F3N3O4S. The molecule has 0 saturated carbocycles. The van der Waals surface area contributed by atoms with Crippen molar-refractivity contribution in [1.29, 1.82) is 0 Å². The van der Waals surface area contributed by atoms with E-state index >= 15 is 0 Å². The smallest absolute Gasteiger partial charge is 0.416 e. The van der Waals surface area contributed by atoms with Gasteiger partial charge in [0.05, 0.1) is 11.3 Å². The van der Waals surface area contributed by atoms with E-state index < -0.39 is 21.8 Å². The molecule has 7 nitrogen and oxygen atoms in total. The third-order valence-electron chi connectivity index (χ3n) is 5.23. The van der Waals surface area contributed by atoms with Gasteiger partial charge in [-0.15, -0.1) is 0 Å². The summed E-state index contributed by atoms with van der Waals surface area (Å²) in [7, 11) is -1.99. The van der Waals surface area contributed by atoms with Gasteiger partial charge in [-0.25, -0.2) is 8.42 Å². The van der Waals surface area contributed by atoms with Crippen molar-refractivity contribution < 1.29 is 26.3 Å². The standard InChI is InChI=1S/C23H20F3N3O4S/c1-3-34(31,32)28-15-6-9-20(33-16-7-4-14(5-8-16)23(24,25)26)18(12-15)19-13-29(2)22(30)21-17(19)10-11-27-21/h4-13,27-28H,3H2,1-2H3. The van der Waals surface area contributed by atoms with E-state index in [1.807, 2.05) is 0 Å². The van der Waals surface area contributed by atoms with Crippen molar-refractivity contribution in [1.82, 2.24) is 9.55 Å². The summed E-state index contributed by atoms with van der Waals surface area (Å²) in [6, 6.07) is 10.5. The van der Waals surface area contributed by atoms with Crippen LogP contribution in [-0.4, -0.2) is 23.7 Å². The molecule has 0 fully saturated rings. The Balaban J connectivity index is 1.85. The van der Waals surface area contributed by atoms with Crippen molar-refractivity contribution in [3.8, 4) is 22.6 Å². The Morgan fingerprint density at radius 3 is 2.41 bits per heavy atom. The molecule has 4 rings (SSSR count). The lowest BCUT2D eigenvalue weighted by Gasteiger charge is -2.16. The zero-order valence-corrected chi connectivity index (χ0v) is 18.9. The minimum Gasteiger partial charge on any atom is -0.457 e. The van der Waals surface area contributed by atoms with E-state index in [0.29, 0.717) is 22.0 Å². The van der Waals surface area contributed by atoms with E-state index in [1.54, 1.807) is 31.6 Å². The quantitative estimate of drug-likeness (QED) is 0.392. The number of aryl methyl sites for hydroxylation is 1. The van der Waals surface area contributed by atoms with Gasteiger partial charge in [0.2, 0.25) is 10.0 Å². The van der Waals surface area contributed by atoms with Gasteiger partial charge in [0, 0.05) is 41.6 Å². The number of ether oxygens (including phenoxy) is 1. The topological polar surface area (TPSA) is 93.2 Å². The first kappa shape index (κ1) is 23.4. The van der Waals surface area contributed by atoms with Gasteiger partial charge in [0.25, 0.3) is 5.56 Å². The average Bonchev–Trinajstić information content (AvgIpc) is 3.27. The first-order valence-electron chi connectivity index (χ1n) is 10.2. The van der Waals surface area contributed by atoms with Gasteiger partial charge >= 0.3 is 6.18 Å². The zero-order chi connectivity index (χ0) is 24.7. The van der Waals surface area contributed by atoms with E-state index in [9.17, 15) is 26.4 Å². The Kier molecular flexibility index (Phi) is 5.90. The lowest BCUT2D eigenvalue weighted by atomic mass is 10.0. The fraction of sp³-hybridized carbons (Fsp3) is 0.174. The summed E-state index contributed by atoms with van der Waals surface area (Å²) in [5.41, 5.74) is 0.566. The molecule has 0 unspecified atom stereocenters. The van der Waals surface area contributed by atoms with Crippen LogP contribution in [0, 0.1) is 0 Å². The Morgan fingerprint density at radius 1 is 1.06 bits per heavy atom. The second-order valence-corrected chi connectivity index (χ2v) is 9.58. The number of aromatic amines is 1. The maximum Gasteiger partial charge on any atom is 0.416 e. The maximum atomic E-state index is 12.9. The van der Waals surface area contributed by atoms with Crippen LogP contribution in [0.5, 0.6) is 11.5 Å². The van der Waals surface area contributed by atoms with Gasteiger partial charge in [0.1, 0.15) is 17.0 Å². The molecule has 2 N–H and O–H groups in total. The van der Waals surface area contributed by atoms with Crippen LogP contribution in [-0.2, 0) is 23.2 Å². The minimum absolute atomic E-state index is 0.131. The molecule has 2 aromatic heterocycles. The van der Waals surface area contributed by atoms with Crippen LogP contribution in [0.4, 0.5) is 18.9 Å². The van der Waals surface area contributed by atoms with Gasteiger partial charge in [-0.3, -0.25) is 9.52 Å². The van der Waals surface area contributed by atoms with E-state index in [0.717, 1.165) is 12.1 Å². The third kappa shape index (κ3) is 4.65. The van der Waals surface area contributed by atoms with Crippen LogP contribution in [0.2, 0.25) is 0 Å². The normalized spacial score (nSPS) is 12.1. The Labute approximate surface area is 192 Å². The van der Waals surface area contributed by atoms with Gasteiger partial charge in [-0.2, -0.15) is 13.2 Å². The molecule has 0 aliphatic rings. The van der Waals surface area contributed by atoms with Gasteiger partial charge < -0.3 is 14.3 Å². The predicted octanol–water partition coefficient (Wildman–Crippen LogP) is 5.11. The predicted molar refractivity (Wildman–Crippen MR) is 124 cm³/mol. The molecular weight excluding hydrogens is 471 g/mol. The Morgan fingerprint density at radius 2 is 1.76 bits per heavy atom. The van der Waals surface area contributed by atoms with E-state index in [2.05, 4.69) is 9.71 Å². The Bertz CT molecular complexity index is 1520. The molecule has 2 aromatic carbocycles. The fourth-order valence-corrected chi connectivity index (χ4v) is 4.10. The summed E-state index contributed by atoms with van der Waals surface area (Å²) in [4.78, 5) is 15.4. The summed E-state index contributed by atoms with van der Waals surface area (Å²) < 4.78 is 72.6. The molecule has 11 heteroatoms. The SMILES string of the molecule is CCS(=O)(=O)Nc1ccc(Oc2ccc(C(F)(F)F)cc2)c(-c2cn(C)c(=O)c3[nH]ccc23)c1. The summed E-state index contributed by atoms with van der Waals surface area (Å²) in [5, 5.41) is 0.580. The first-order valence-corrected chi connectivity index (χ1v) is 11.8. The van der Waals surface area contributed by atoms with Crippen LogP contribution >= 0.6 is 0 Å². The highest BCUT2D eigenvalue weighted by atomic mass is 32.2. The first-order chi connectivity index (χ1) is 16.0. The highest BCUT2D eigenvalue weighted by Gasteiger charge is 2.30. The van der Waals surface area contributed by atoms with Crippen molar-refractivity contribution in [3.63, 3.8) is 0 Å². The number of rotatable bonds is 6. The molecule has 178 valence electrons. The number of fused-ring (bicyclic) bond motifs is 1. The van der Waals surface area contributed by atoms with Gasteiger partial charge in [-0.1, -0.05) is 0 Å². The maximum absolute atomic E-state index is 12.9. The lowest BCUT2D eigenvalue weighted by molar-refractivity contribution is -0.137. The summed E-state index contributed by atoms with van der Waals surface area (Å²) in [5.74, 6) is 0.292. The number of anilines is 1. The number of hydrogen-bond acceptors (Lipinski definition) is 4. The van der Waals surface area contributed by atoms with Gasteiger partial charge in [0.15, 0.2) is 0 Å². The number of aromatic nitrogens is 2. The lowest BCUT2D eigenvalue weighted by Crippen LogP contribution is -2.17. The van der Waals surface area contributed by atoms with E-state index in [-0.39, 0.29) is 28.5 Å². The molecule has 34 heavy (non-hydrogen) atoms. The second-order valence-electron chi connectivity index (χ2n) is 7.57. The Hall–Kier alpha value is -3.73.